The Morgan fingerprint density at radius 1 is 1.54 bits per heavy atom. The molecule has 1 rings (SSSR count). The highest BCUT2D eigenvalue weighted by Crippen LogP contribution is 2.30. The van der Waals surface area contributed by atoms with Gasteiger partial charge in [-0.3, -0.25) is 0 Å². The van der Waals surface area contributed by atoms with Gasteiger partial charge in [0.2, 0.25) is 6.08 Å². The van der Waals surface area contributed by atoms with Crippen molar-refractivity contribution in [1.29, 1.82) is 5.26 Å². The van der Waals surface area contributed by atoms with Crippen molar-refractivity contribution in [3.05, 3.63) is 21.9 Å². The van der Waals surface area contributed by atoms with Crippen LogP contribution in [0.25, 0.3) is 0 Å². The van der Waals surface area contributed by atoms with Crippen LogP contribution in [0.5, 0.6) is 0 Å². The van der Waals surface area contributed by atoms with Gasteiger partial charge in [0, 0.05) is 4.88 Å². The summed E-state index contributed by atoms with van der Waals surface area (Å²) >= 11 is 1.35. The van der Waals surface area contributed by atoms with E-state index in [2.05, 4.69) is 4.99 Å². The van der Waals surface area contributed by atoms with Gasteiger partial charge in [-0.25, -0.2) is 4.79 Å². The molecule has 0 unspecified atom stereocenters. The molecule has 0 bridgehead atoms. The average molecular weight is 192 g/mol. The molecule has 0 aromatic carbocycles. The summed E-state index contributed by atoms with van der Waals surface area (Å²) in [6.07, 6.45) is 1.53. The number of hydrogen-bond acceptors (Lipinski definition) is 4. The fourth-order valence-electron chi connectivity index (χ4n) is 0.896. The quantitative estimate of drug-likeness (QED) is 0.532. The lowest BCUT2D eigenvalue weighted by Crippen LogP contribution is -2.10. The minimum absolute atomic E-state index is 0.568. The maximum Gasteiger partial charge on any atom is 0.235 e. The van der Waals surface area contributed by atoms with Crippen molar-refractivity contribution >= 4 is 17.4 Å². The lowest BCUT2D eigenvalue weighted by Gasteiger charge is -2.13. The summed E-state index contributed by atoms with van der Waals surface area (Å²) in [6, 6.07) is 5.57. The van der Waals surface area contributed by atoms with Crippen molar-refractivity contribution in [2.24, 2.45) is 4.99 Å². The minimum Gasteiger partial charge on any atom is -0.211 e. The monoisotopic (exact) mass is 192 g/mol. The number of nitriles is 1. The zero-order valence-electron chi connectivity index (χ0n) is 7.37. The van der Waals surface area contributed by atoms with Gasteiger partial charge in [0.15, 0.2) is 0 Å². The number of isocyanates is 1. The molecule has 0 aliphatic heterocycles. The van der Waals surface area contributed by atoms with Crippen molar-refractivity contribution in [3.8, 4) is 6.07 Å². The summed E-state index contributed by atoms with van der Waals surface area (Å²) in [5.41, 5.74) is -0.568. The normalized spacial score (nSPS) is 10.2. The van der Waals surface area contributed by atoms with Gasteiger partial charge in [-0.2, -0.15) is 10.3 Å². The molecule has 0 atom stereocenters. The zero-order valence-corrected chi connectivity index (χ0v) is 8.18. The maximum absolute atomic E-state index is 10.1. The first-order valence-electron chi connectivity index (χ1n) is 3.69. The Balaban J connectivity index is 3.08. The Morgan fingerprint density at radius 2 is 2.23 bits per heavy atom. The summed E-state index contributed by atoms with van der Waals surface area (Å²) in [6.45, 7) is 3.62. The molecule has 0 fully saturated rings. The van der Waals surface area contributed by atoms with Crippen LogP contribution in [0.3, 0.4) is 0 Å². The summed E-state index contributed by atoms with van der Waals surface area (Å²) in [5.74, 6) is 0. The predicted octanol–water partition coefficient (Wildman–Crippen LogP) is 2.19. The lowest BCUT2D eigenvalue weighted by molar-refractivity contribution is 0.528. The highest BCUT2D eigenvalue weighted by atomic mass is 32.1. The van der Waals surface area contributed by atoms with Gasteiger partial charge in [0.25, 0.3) is 0 Å². The molecule has 0 amide bonds. The van der Waals surface area contributed by atoms with Crippen LogP contribution in [0.15, 0.2) is 17.1 Å². The molecule has 13 heavy (non-hydrogen) atoms. The molecule has 0 aliphatic rings. The van der Waals surface area contributed by atoms with E-state index in [0.29, 0.717) is 4.88 Å². The van der Waals surface area contributed by atoms with Crippen molar-refractivity contribution in [1.82, 2.24) is 0 Å². The van der Waals surface area contributed by atoms with E-state index in [4.69, 9.17) is 5.26 Å². The second-order valence-corrected chi connectivity index (χ2v) is 4.12. The van der Waals surface area contributed by atoms with E-state index in [9.17, 15) is 4.79 Å². The van der Waals surface area contributed by atoms with E-state index < -0.39 is 5.54 Å². The van der Waals surface area contributed by atoms with Gasteiger partial charge >= 0.3 is 0 Å². The third-order valence-corrected chi connectivity index (χ3v) is 2.95. The SMILES string of the molecule is CC(C)(N=C=O)c1ccc(C#N)s1. The molecule has 0 radical (unpaired) electrons. The maximum atomic E-state index is 10.1. The summed E-state index contributed by atoms with van der Waals surface area (Å²) < 4.78 is 0. The molecule has 0 saturated carbocycles. The first kappa shape index (κ1) is 9.66. The fourth-order valence-corrected chi connectivity index (χ4v) is 1.75. The molecule has 1 aromatic heterocycles. The van der Waals surface area contributed by atoms with E-state index >= 15 is 0 Å². The number of nitrogens with zero attached hydrogens (tertiary/aromatic N) is 2. The first-order valence-corrected chi connectivity index (χ1v) is 4.51. The van der Waals surface area contributed by atoms with Gasteiger partial charge < -0.3 is 0 Å². The van der Waals surface area contributed by atoms with Gasteiger partial charge in [-0.1, -0.05) is 0 Å². The van der Waals surface area contributed by atoms with Crippen LogP contribution in [0.2, 0.25) is 0 Å². The molecule has 66 valence electrons. The molecule has 1 heterocycles. The molecule has 0 aliphatic carbocycles. The van der Waals surface area contributed by atoms with E-state index in [-0.39, 0.29) is 0 Å². The largest absolute Gasteiger partial charge is 0.235 e. The number of thiophene rings is 1. The third kappa shape index (κ3) is 2.03. The summed E-state index contributed by atoms with van der Waals surface area (Å²) in [7, 11) is 0. The molecule has 0 N–H and O–H groups in total. The van der Waals surface area contributed by atoms with Crippen molar-refractivity contribution in [2.45, 2.75) is 19.4 Å². The summed E-state index contributed by atoms with van der Waals surface area (Å²) in [5, 5.41) is 8.60. The van der Waals surface area contributed by atoms with Gasteiger partial charge in [-0.15, -0.1) is 11.3 Å². The van der Waals surface area contributed by atoms with Crippen LogP contribution >= 0.6 is 11.3 Å². The average Bonchev–Trinajstić information content (AvgIpc) is 2.52. The van der Waals surface area contributed by atoms with Crippen molar-refractivity contribution in [2.75, 3.05) is 0 Å². The van der Waals surface area contributed by atoms with Crippen LogP contribution in [0.1, 0.15) is 23.6 Å². The fraction of sp³-hybridized carbons (Fsp3) is 0.333. The summed E-state index contributed by atoms with van der Waals surface area (Å²) in [4.78, 5) is 15.3. The molecule has 0 spiro atoms. The second-order valence-electron chi connectivity index (χ2n) is 3.04. The molecule has 1 aromatic rings. The van der Waals surface area contributed by atoms with Gasteiger partial charge in [0.05, 0.1) is 0 Å². The topological polar surface area (TPSA) is 53.2 Å². The first-order chi connectivity index (χ1) is 6.10. The second kappa shape index (κ2) is 3.53. The number of carbonyl (C=O) groups excluding carboxylic acids is 1. The van der Waals surface area contributed by atoms with Crippen LogP contribution in [0, 0.1) is 11.3 Å². The Morgan fingerprint density at radius 3 is 2.69 bits per heavy atom. The Labute approximate surface area is 80.3 Å². The zero-order chi connectivity index (χ0) is 9.90. The Hall–Kier alpha value is -1.43. The van der Waals surface area contributed by atoms with E-state index in [1.165, 1.54) is 17.4 Å². The molecule has 0 saturated heterocycles. The van der Waals surface area contributed by atoms with Crippen molar-refractivity contribution < 1.29 is 4.79 Å². The Kier molecular flexibility index (Phi) is 2.62. The van der Waals surface area contributed by atoms with Crippen LogP contribution in [-0.4, -0.2) is 6.08 Å². The standard InChI is InChI=1S/C9H8N2OS/c1-9(2,11-6-12)8-4-3-7(5-10)13-8/h3-4H,1-2H3. The van der Waals surface area contributed by atoms with E-state index in [1.807, 2.05) is 26.0 Å². The van der Waals surface area contributed by atoms with Gasteiger partial charge in [0.1, 0.15) is 16.5 Å². The van der Waals surface area contributed by atoms with Crippen LogP contribution in [0.4, 0.5) is 0 Å². The van der Waals surface area contributed by atoms with Crippen LogP contribution < -0.4 is 0 Å². The highest BCUT2D eigenvalue weighted by Gasteiger charge is 2.21. The molecular formula is C9H8N2OS. The minimum atomic E-state index is -0.568. The molecule has 3 nitrogen and oxygen atoms in total. The van der Waals surface area contributed by atoms with Crippen molar-refractivity contribution in [3.63, 3.8) is 0 Å². The smallest absolute Gasteiger partial charge is 0.211 e. The van der Waals surface area contributed by atoms with Crippen LogP contribution in [-0.2, 0) is 10.3 Å². The number of aliphatic imine (C=N–C) groups is 1. The van der Waals surface area contributed by atoms with Gasteiger partial charge in [-0.05, 0) is 26.0 Å². The number of hydrogen-bond donors (Lipinski definition) is 0. The van der Waals surface area contributed by atoms with E-state index in [0.717, 1.165) is 4.88 Å². The Bertz CT molecular complexity index is 394. The number of rotatable bonds is 2. The van der Waals surface area contributed by atoms with E-state index in [1.54, 1.807) is 6.07 Å². The lowest BCUT2D eigenvalue weighted by atomic mass is 10.1. The predicted molar refractivity (Wildman–Crippen MR) is 50.2 cm³/mol. The highest BCUT2D eigenvalue weighted by molar-refractivity contribution is 7.12. The molecular weight excluding hydrogens is 184 g/mol. The third-order valence-electron chi connectivity index (χ3n) is 1.64. The molecule has 4 heteroatoms.